The Morgan fingerprint density at radius 1 is 1.25 bits per heavy atom. The zero-order valence-corrected chi connectivity index (χ0v) is 16.8. The van der Waals surface area contributed by atoms with E-state index in [0.29, 0.717) is 46.8 Å². The number of carbonyl (C=O) groups excluding carboxylic acids is 1. The van der Waals surface area contributed by atoms with Crippen LogP contribution in [0.15, 0.2) is 36.1 Å². The van der Waals surface area contributed by atoms with Gasteiger partial charge in [0.2, 0.25) is 5.78 Å². The van der Waals surface area contributed by atoms with Gasteiger partial charge in [0.05, 0.1) is 11.1 Å². The standard InChI is InChI=1S/C21H19Cl2NO4/c1-26-8-2-7-24-11-16-18(27-12-24)6-5-15-20(25)19(28-21(15)16)9-13-3-4-14(22)10-17(13)23/h3-6,9-10H,2,7-8,11-12H2,1H3/b19-9-. The summed E-state index contributed by atoms with van der Waals surface area (Å²) < 4.78 is 16.9. The van der Waals surface area contributed by atoms with Crippen LogP contribution < -0.4 is 9.47 Å². The van der Waals surface area contributed by atoms with E-state index in [0.717, 1.165) is 24.3 Å². The molecule has 0 aliphatic carbocycles. The Morgan fingerprint density at radius 3 is 2.89 bits per heavy atom. The summed E-state index contributed by atoms with van der Waals surface area (Å²) in [5, 5.41) is 0.996. The van der Waals surface area contributed by atoms with Gasteiger partial charge in [-0.1, -0.05) is 29.3 Å². The number of hydrogen-bond donors (Lipinski definition) is 0. The highest BCUT2D eigenvalue weighted by molar-refractivity contribution is 6.35. The predicted molar refractivity (Wildman–Crippen MR) is 108 cm³/mol. The average molecular weight is 420 g/mol. The number of carbonyl (C=O) groups is 1. The van der Waals surface area contributed by atoms with Gasteiger partial charge in [-0.25, -0.2) is 0 Å². The molecule has 28 heavy (non-hydrogen) atoms. The quantitative estimate of drug-likeness (QED) is 0.514. The Bertz CT molecular complexity index is 958. The van der Waals surface area contributed by atoms with E-state index in [9.17, 15) is 4.79 Å². The third-order valence-electron chi connectivity index (χ3n) is 4.75. The molecule has 0 saturated carbocycles. The molecule has 7 heteroatoms. The molecule has 4 rings (SSSR count). The van der Waals surface area contributed by atoms with Crippen molar-refractivity contribution in [1.29, 1.82) is 0 Å². The molecule has 0 radical (unpaired) electrons. The first kappa shape index (κ1) is 19.3. The number of allylic oxidation sites excluding steroid dienone is 1. The summed E-state index contributed by atoms with van der Waals surface area (Å²) in [4.78, 5) is 15.0. The van der Waals surface area contributed by atoms with E-state index in [1.165, 1.54) is 0 Å². The van der Waals surface area contributed by atoms with Crippen LogP contribution in [0.5, 0.6) is 11.5 Å². The topological polar surface area (TPSA) is 48.0 Å². The van der Waals surface area contributed by atoms with Crippen LogP contribution in [-0.2, 0) is 11.3 Å². The molecule has 0 saturated heterocycles. The van der Waals surface area contributed by atoms with Crippen LogP contribution in [0, 0.1) is 0 Å². The summed E-state index contributed by atoms with van der Waals surface area (Å²) in [6.07, 6.45) is 2.55. The lowest BCUT2D eigenvalue weighted by Crippen LogP contribution is -2.33. The molecule has 0 fully saturated rings. The first-order valence-electron chi connectivity index (χ1n) is 8.96. The van der Waals surface area contributed by atoms with Crippen molar-refractivity contribution in [2.75, 3.05) is 27.0 Å². The summed E-state index contributed by atoms with van der Waals surface area (Å²) in [5.41, 5.74) is 2.10. The molecule has 0 aromatic heterocycles. The van der Waals surface area contributed by atoms with Gasteiger partial charge in [0.15, 0.2) is 5.76 Å². The van der Waals surface area contributed by atoms with Gasteiger partial charge in [-0.3, -0.25) is 9.69 Å². The van der Waals surface area contributed by atoms with Crippen molar-refractivity contribution >= 4 is 35.1 Å². The maximum Gasteiger partial charge on any atom is 0.231 e. The van der Waals surface area contributed by atoms with Gasteiger partial charge in [0, 0.05) is 36.9 Å². The first-order valence-corrected chi connectivity index (χ1v) is 9.71. The maximum atomic E-state index is 12.8. The highest BCUT2D eigenvalue weighted by Crippen LogP contribution is 2.42. The Balaban J connectivity index is 1.61. The van der Waals surface area contributed by atoms with E-state index in [2.05, 4.69) is 4.90 Å². The maximum absolute atomic E-state index is 12.8. The highest BCUT2D eigenvalue weighted by Gasteiger charge is 2.33. The summed E-state index contributed by atoms with van der Waals surface area (Å²) in [6, 6.07) is 8.70. The van der Waals surface area contributed by atoms with Crippen molar-refractivity contribution < 1.29 is 19.0 Å². The van der Waals surface area contributed by atoms with Crippen molar-refractivity contribution in [2.24, 2.45) is 0 Å². The van der Waals surface area contributed by atoms with E-state index >= 15 is 0 Å². The van der Waals surface area contributed by atoms with E-state index in [4.69, 9.17) is 37.4 Å². The molecule has 5 nitrogen and oxygen atoms in total. The van der Waals surface area contributed by atoms with Gasteiger partial charge in [-0.05, 0) is 42.3 Å². The molecule has 2 aromatic rings. The van der Waals surface area contributed by atoms with Gasteiger partial charge in [-0.2, -0.15) is 0 Å². The molecule has 2 aromatic carbocycles. The molecule has 2 aliphatic rings. The van der Waals surface area contributed by atoms with Crippen molar-refractivity contribution in [3.8, 4) is 11.5 Å². The minimum absolute atomic E-state index is 0.166. The van der Waals surface area contributed by atoms with Crippen LogP contribution in [0.2, 0.25) is 10.0 Å². The molecule has 2 aliphatic heterocycles. The molecule has 2 heterocycles. The van der Waals surface area contributed by atoms with Crippen LogP contribution >= 0.6 is 23.2 Å². The molecular formula is C21H19Cl2NO4. The zero-order chi connectivity index (χ0) is 19.7. The summed E-state index contributed by atoms with van der Waals surface area (Å²) >= 11 is 12.2. The van der Waals surface area contributed by atoms with Gasteiger partial charge >= 0.3 is 0 Å². The normalized spacial score (nSPS) is 17.2. The fourth-order valence-electron chi connectivity index (χ4n) is 3.34. The zero-order valence-electron chi connectivity index (χ0n) is 15.3. The van der Waals surface area contributed by atoms with E-state index in [1.807, 2.05) is 6.07 Å². The second-order valence-corrected chi connectivity index (χ2v) is 7.54. The summed E-state index contributed by atoms with van der Waals surface area (Å²) in [5.74, 6) is 1.39. The van der Waals surface area contributed by atoms with E-state index in [1.54, 1.807) is 37.5 Å². The molecule has 0 amide bonds. The number of ketones is 1. The number of nitrogens with zero attached hydrogens (tertiary/aromatic N) is 1. The number of ether oxygens (including phenoxy) is 3. The number of methoxy groups -OCH3 is 1. The van der Waals surface area contributed by atoms with E-state index < -0.39 is 0 Å². The van der Waals surface area contributed by atoms with Crippen LogP contribution in [0.1, 0.15) is 27.9 Å². The molecular weight excluding hydrogens is 401 g/mol. The van der Waals surface area contributed by atoms with E-state index in [-0.39, 0.29) is 11.5 Å². The minimum atomic E-state index is -0.166. The molecule has 0 unspecified atom stereocenters. The van der Waals surface area contributed by atoms with Crippen molar-refractivity contribution in [1.82, 2.24) is 4.90 Å². The second kappa shape index (κ2) is 8.13. The van der Waals surface area contributed by atoms with Gasteiger partial charge in [0.1, 0.15) is 18.2 Å². The smallest absolute Gasteiger partial charge is 0.231 e. The lowest BCUT2D eigenvalue weighted by molar-refractivity contribution is 0.0823. The van der Waals surface area contributed by atoms with Crippen LogP contribution in [0.4, 0.5) is 0 Å². The lowest BCUT2D eigenvalue weighted by atomic mass is 10.0. The summed E-state index contributed by atoms with van der Waals surface area (Å²) in [6.45, 7) is 2.70. The van der Waals surface area contributed by atoms with Crippen molar-refractivity contribution in [3.63, 3.8) is 0 Å². The number of Topliss-reactive ketones (excluding diaryl/α,β-unsaturated/α-hetero) is 1. The fraction of sp³-hybridized carbons (Fsp3) is 0.286. The lowest BCUT2D eigenvalue weighted by Gasteiger charge is -2.29. The average Bonchev–Trinajstić information content (AvgIpc) is 3.00. The fourth-order valence-corrected chi connectivity index (χ4v) is 3.80. The third kappa shape index (κ3) is 3.76. The second-order valence-electron chi connectivity index (χ2n) is 6.70. The van der Waals surface area contributed by atoms with Gasteiger partial charge < -0.3 is 14.2 Å². The Labute approximate surface area is 173 Å². The molecule has 0 N–H and O–H groups in total. The minimum Gasteiger partial charge on any atom is -0.478 e. The molecule has 0 bridgehead atoms. The van der Waals surface area contributed by atoms with Crippen molar-refractivity contribution in [2.45, 2.75) is 13.0 Å². The molecule has 146 valence electrons. The number of benzene rings is 2. The largest absolute Gasteiger partial charge is 0.478 e. The number of fused-ring (bicyclic) bond motifs is 3. The Kier molecular flexibility index (Phi) is 5.60. The SMILES string of the molecule is COCCCN1COc2ccc3c(c2C1)O/C(=C\c1ccc(Cl)cc1Cl)C3=O. The first-order chi connectivity index (χ1) is 13.6. The van der Waals surface area contributed by atoms with Crippen LogP contribution in [0.25, 0.3) is 6.08 Å². The highest BCUT2D eigenvalue weighted by atomic mass is 35.5. The predicted octanol–water partition coefficient (Wildman–Crippen LogP) is 4.80. The van der Waals surface area contributed by atoms with Crippen molar-refractivity contribution in [3.05, 3.63) is 62.8 Å². The Morgan fingerprint density at radius 2 is 2.11 bits per heavy atom. The van der Waals surface area contributed by atoms with Crippen LogP contribution in [0.3, 0.4) is 0 Å². The van der Waals surface area contributed by atoms with Gasteiger partial charge in [-0.15, -0.1) is 0 Å². The van der Waals surface area contributed by atoms with Crippen LogP contribution in [-0.4, -0.2) is 37.7 Å². The molecule has 0 atom stereocenters. The third-order valence-corrected chi connectivity index (χ3v) is 5.32. The molecule has 0 spiro atoms. The number of rotatable bonds is 5. The number of halogens is 2. The van der Waals surface area contributed by atoms with Gasteiger partial charge in [0.25, 0.3) is 0 Å². The Hall–Kier alpha value is -2.05. The number of hydrogen-bond acceptors (Lipinski definition) is 5. The monoisotopic (exact) mass is 419 g/mol. The summed E-state index contributed by atoms with van der Waals surface area (Å²) in [7, 11) is 1.69.